The molecule has 0 saturated carbocycles. The highest BCUT2D eigenvalue weighted by atomic mass is 16.3. The van der Waals surface area contributed by atoms with E-state index < -0.39 is 0 Å². The zero-order chi connectivity index (χ0) is 8.69. The molecule has 1 aromatic rings. The Bertz CT molecular complexity index is 169. The Hall–Kier alpha value is -1.02. The van der Waals surface area contributed by atoms with E-state index >= 15 is 0 Å². The predicted octanol–water partition coefficient (Wildman–Crippen LogP) is 1.57. The van der Waals surface area contributed by atoms with Gasteiger partial charge < -0.3 is 10.0 Å². The van der Waals surface area contributed by atoms with Gasteiger partial charge in [0, 0.05) is 0 Å². The van der Waals surface area contributed by atoms with Crippen molar-refractivity contribution in [3.8, 4) is 5.75 Å². The molecule has 11 heavy (non-hydrogen) atoms. The third-order valence-electron chi connectivity index (χ3n) is 0.756. The lowest BCUT2D eigenvalue weighted by molar-refractivity contribution is 0.475. The summed E-state index contributed by atoms with van der Waals surface area (Å²) in [6.07, 6.45) is 0. The van der Waals surface area contributed by atoms with E-state index in [0.717, 1.165) is 0 Å². The van der Waals surface area contributed by atoms with Crippen LogP contribution in [0.25, 0.3) is 0 Å². The van der Waals surface area contributed by atoms with E-state index in [0.29, 0.717) is 5.75 Å². The van der Waals surface area contributed by atoms with Gasteiger partial charge in [0.05, 0.1) is 0 Å². The first kappa shape index (κ1) is 9.98. The summed E-state index contributed by atoms with van der Waals surface area (Å²) < 4.78 is 0. The summed E-state index contributed by atoms with van der Waals surface area (Å²) in [6, 6.07) is 8.71. The molecule has 1 N–H and O–H groups in total. The maximum Gasteiger partial charge on any atom is 0.115 e. The third-order valence-corrected chi connectivity index (χ3v) is 0.756. The van der Waals surface area contributed by atoms with Gasteiger partial charge in [-0.1, -0.05) is 18.2 Å². The summed E-state index contributed by atoms with van der Waals surface area (Å²) in [5.41, 5.74) is 0. The molecule has 0 heterocycles. The molecule has 2 nitrogen and oxygen atoms in total. The molecule has 0 aliphatic heterocycles. The molecule has 0 radical (unpaired) electrons. The summed E-state index contributed by atoms with van der Waals surface area (Å²) in [6.45, 7) is 0. The standard InChI is InChI=1S/C6H6O.C3H9N/c7-6-4-2-1-3-5-6;1-4(2)3/h1-5,7H;1-3H3. The van der Waals surface area contributed by atoms with Crippen LogP contribution >= 0.6 is 0 Å². The summed E-state index contributed by atoms with van der Waals surface area (Å²) in [7, 11) is 6.00. The Kier molecular flexibility index (Phi) is 5.21. The zero-order valence-electron chi connectivity index (χ0n) is 7.28. The van der Waals surface area contributed by atoms with Crippen molar-refractivity contribution in [2.24, 2.45) is 0 Å². The normalized spacial score (nSPS) is 8.73. The molecule has 0 saturated heterocycles. The molecule has 0 spiro atoms. The molecule has 2 heteroatoms. The van der Waals surface area contributed by atoms with E-state index in [2.05, 4.69) is 0 Å². The number of para-hydroxylation sites is 1. The highest BCUT2D eigenvalue weighted by Crippen LogP contribution is 2.02. The first-order valence-corrected chi connectivity index (χ1v) is 3.48. The molecule has 0 atom stereocenters. The molecule has 0 aliphatic rings. The molecule has 62 valence electrons. The van der Waals surface area contributed by atoms with Gasteiger partial charge >= 0.3 is 0 Å². The van der Waals surface area contributed by atoms with Crippen molar-refractivity contribution < 1.29 is 5.11 Å². The SMILES string of the molecule is CN(C)C.Oc1ccccc1. The quantitative estimate of drug-likeness (QED) is 0.611. The van der Waals surface area contributed by atoms with Crippen LogP contribution in [0.1, 0.15) is 0 Å². The molecule has 0 bridgehead atoms. The largest absolute Gasteiger partial charge is 0.508 e. The van der Waals surface area contributed by atoms with Gasteiger partial charge in [-0.2, -0.15) is 0 Å². The monoisotopic (exact) mass is 153 g/mol. The lowest BCUT2D eigenvalue weighted by atomic mass is 10.3. The first-order chi connectivity index (χ1) is 5.13. The van der Waals surface area contributed by atoms with Crippen LogP contribution in [0.2, 0.25) is 0 Å². The Morgan fingerprint density at radius 3 is 1.55 bits per heavy atom. The summed E-state index contributed by atoms with van der Waals surface area (Å²) in [4.78, 5) is 2.00. The van der Waals surface area contributed by atoms with Crippen LogP contribution in [-0.4, -0.2) is 31.1 Å². The number of phenolic OH excluding ortho intramolecular Hbond substituents is 1. The molecular weight excluding hydrogens is 138 g/mol. The van der Waals surface area contributed by atoms with E-state index in [1.54, 1.807) is 24.3 Å². The molecule has 0 fully saturated rings. The van der Waals surface area contributed by atoms with Crippen molar-refractivity contribution in [3.63, 3.8) is 0 Å². The van der Waals surface area contributed by atoms with Crippen LogP contribution in [0.4, 0.5) is 0 Å². The van der Waals surface area contributed by atoms with E-state index in [1.165, 1.54) is 0 Å². The minimum atomic E-state index is 0.322. The average molecular weight is 153 g/mol. The second kappa shape index (κ2) is 5.74. The molecular formula is C9H15NO. The Labute approximate surface area is 68.1 Å². The third kappa shape index (κ3) is 8.98. The zero-order valence-corrected chi connectivity index (χ0v) is 7.28. The number of nitrogens with zero attached hydrogens (tertiary/aromatic N) is 1. The van der Waals surface area contributed by atoms with Crippen LogP contribution in [0.15, 0.2) is 30.3 Å². The van der Waals surface area contributed by atoms with Gasteiger partial charge in [-0.3, -0.25) is 0 Å². The molecule has 0 aromatic heterocycles. The van der Waals surface area contributed by atoms with Crippen LogP contribution in [-0.2, 0) is 0 Å². The fraction of sp³-hybridized carbons (Fsp3) is 0.333. The van der Waals surface area contributed by atoms with Gasteiger partial charge in [-0.05, 0) is 33.3 Å². The molecule has 0 amide bonds. The predicted molar refractivity (Wildman–Crippen MR) is 47.7 cm³/mol. The van der Waals surface area contributed by atoms with E-state index in [4.69, 9.17) is 5.11 Å². The molecule has 1 aromatic carbocycles. The molecule has 1 rings (SSSR count). The van der Waals surface area contributed by atoms with Crippen LogP contribution in [0, 0.1) is 0 Å². The van der Waals surface area contributed by atoms with E-state index in [9.17, 15) is 0 Å². The van der Waals surface area contributed by atoms with Crippen LogP contribution in [0.5, 0.6) is 5.75 Å². The smallest absolute Gasteiger partial charge is 0.115 e. The maximum atomic E-state index is 8.63. The second-order valence-corrected chi connectivity index (χ2v) is 2.68. The summed E-state index contributed by atoms with van der Waals surface area (Å²) in [5.74, 6) is 0.322. The Morgan fingerprint density at radius 1 is 1.00 bits per heavy atom. The van der Waals surface area contributed by atoms with Gasteiger partial charge in [-0.25, -0.2) is 0 Å². The van der Waals surface area contributed by atoms with Crippen LogP contribution in [0.3, 0.4) is 0 Å². The Morgan fingerprint density at radius 2 is 1.36 bits per heavy atom. The topological polar surface area (TPSA) is 23.5 Å². The van der Waals surface area contributed by atoms with Crippen molar-refractivity contribution in [3.05, 3.63) is 30.3 Å². The number of hydrogen-bond acceptors (Lipinski definition) is 2. The number of hydrogen-bond donors (Lipinski definition) is 1. The number of benzene rings is 1. The maximum absolute atomic E-state index is 8.63. The van der Waals surface area contributed by atoms with E-state index in [1.807, 2.05) is 32.1 Å². The lowest BCUT2D eigenvalue weighted by Crippen LogP contribution is -1.99. The van der Waals surface area contributed by atoms with E-state index in [-0.39, 0.29) is 0 Å². The van der Waals surface area contributed by atoms with Gasteiger partial charge in [-0.15, -0.1) is 0 Å². The van der Waals surface area contributed by atoms with Gasteiger partial charge in [0.1, 0.15) is 5.75 Å². The van der Waals surface area contributed by atoms with Crippen molar-refractivity contribution in [2.45, 2.75) is 0 Å². The summed E-state index contributed by atoms with van der Waals surface area (Å²) in [5, 5.41) is 8.63. The molecule has 0 unspecified atom stereocenters. The van der Waals surface area contributed by atoms with Gasteiger partial charge in [0.15, 0.2) is 0 Å². The number of rotatable bonds is 0. The highest BCUT2D eigenvalue weighted by molar-refractivity contribution is 5.18. The van der Waals surface area contributed by atoms with Crippen molar-refractivity contribution in [1.82, 2.24) is 4.90 Å². The highest BCUT2D eigenvalue weighted by Gasteiger charge is 1.74. The first-order valence-electron chi connectivity index (χ1n) is 3.48. The van der Waals surface area contributed by atoms with Crippen molar-refractivity contribution >= 4 is 0 Å². The van der Waals surface area contributed by atoms with Crippen LogP contribution < -0.4 is 0 Å². The fourth-order valence-electron chi connectivity index (χ4n) is 0.428. The number of aromatic hydroxyl groups is 1. The average Bonchev–Trinajstić information content (AvgIpc) is 1.87. The number of phenols is 1. The van der Waals surface area contributed by atoms with Crippen molar-refractivity contribution in [1.29, 1.82) is 0 Å². The second-order valence-electron chi connectivity index (χ2n) is 2.68. The van der Waals surface area contributed by atoms with Gasteiger partial charge in [0.2, 0.25) is 0 Å². The Balaban J connectivity index is 0.000000218. The van der Waals surface area contributed by atoms with Gasteiger partial charge in [0.25, 0.3) is 0 Å². The summed E-state index contributed by atoms with van der Waals surface area (Å²) >= 11 is 0. The fourth-order valence-corrected chi connectivity index (χ4v) is 0.428. The lowest BCUT2D eigenvalue weighted by Gasteiger charge is -1.90. The molecule has 0 aliphatic carbocycles. The van der Waals surface area contributed by atoms with Crippen molar-refractivity contribution in [2.75, 3.05) is 21.1 Å². The minimum absolute atomic E-state index is 0.322. The minimum Gasteiger partial charge on any atom is -0.508 e.